The fourth-order valence-corrected chi connectivity index (χ4v) is 2.03. The molecule has 0 saturated heterocycles. The number of rotatable bonds is 3. The van der Waals surface area contributed by atoms with Gasteiger partial charge in [0.05, 0.1) is 5.69 Å². The van der Waals surface area contributed by atoms with E-state index in [2.05, 4.69) is 0 Å². The molecule has 4 nitrogen and oxygen atoms in total. The highest BCUT2D eigenvalue weighted by Gasteiger charge is 2.30. The molecule has 0 spiro atoms. The van der Waals surface area contributed by atoms with Gasteiger partial charge in [0.15, 0.2) is 6.10 Å². The van der Waals surface area contributed by atoms with Crippen LogP contribution in [0.25, 0.3) is 0 Å². The van der Waals surface area contributed by atoms with E-state index in [0.29, 0.717) is 23.9 Å². The van der Waals surface area contributed by atoms with Crippen molar-refractivity contribution >= 4 is 23.2 Å². The Morgan fingerprint density at radius 3 is 3.00 bits per heavy atom. The van der Waals surface area contributed by atoms with Crippen LogP contribution in [0.2, 0.25) is 5.02 Å². The predicted molar refractivity (Wildman–Crippen MR) is 67.6 cm³/mol. The molecule has 1 unspecified atom stereocenters. The number of halogens is 1. The first kappa shape index (κ1) is 12.2. The van der Waals surface area contributed by atoms with Crippen LogP contribution in [-0.2, 0) is 4.79 Å². The SMILES string of the molecule is CC1Oc2ccc(Cl)cc2N(CCCN)C1=O. The third kappa shape index (κ3) is 2.37. The van der Waals surface area contributed by atoms with Gasteiger partial charge in [-0.3, -0.25) is 4.79 Å². The smallest absolute Gasteiger partial charge is 0.267 e. The Balaban J connectivity index is 2.36. The Hall–Kier alpha value is -1.26. The number of carbonyl (C=O) groups is 1. The zero-order valence-corrected chi connectivity index (χ0v) is 10.4. The number of amides is 1. The van der Waals surface area contributed by atoms with Gasteiger partial charge in [-0.1, -0.05) is 11.6 Å². The average Bonchev–Trinajstić information content (AvgIpc) is 2.31. The molecule has 2 rings (SSSR count). The molecule has 0 aliphatic carbocycles. The van der Waals surface area contributed by atoms with Crippen LogP contribution in [0.5, 0.6) is 5.75 Å². The topological polar surface area (TPSA) is 55.6 Å². The van der Waals surface area contributed by atoms with Crippen molar-refractivity contribution in [1.29, 1.82) is 0 Å². The van der Waals surface area contributed by atoms with Crippen molar-refractivity contribution in [1.82, 2.24) is 0 Å². The summed E-state index contributed by atoms with van der Waals surface area (Å²) in [5.74, 6) is 0.645. The summed E-state index contributed by atoms with van der Waals surface area (Å²) < 4.78 is 5.53. The number of nitrogens with two attached hydrogens (primary N) is 1. The van der Waals surface area contributed by atoms with E-state index in [-0.39, 0.29) is 5.91 Å². The van der Waals surface area contributed by atoms with Gasteiger partial charge in [-0.05, 0) is 38.1 Å². The molecule has 2 N–H and O–H groups in total. The van der Waals surface area contributed by atoms with E-state index in [1.165, 1.54) is 0 Å². The summed E-state index contributed by atoms with van der Waals surface area (Å²) in [5.41, 5.74) is 6.21. The highest BCUT2D eigenvalue weighted by atomic mass is 35.5. The van der Waals surface area contributed by atoms with Gasteiger partial charge in [0.1, 0.15) is 5.75 Å². The lowest BCUT2D eigenvalue weighted by atomic mass is 10.1. The molecule has 1 aromatic rings. The van der Waals surface area contributed by atoms with Crippen molar-refractivity contribution in [3.05, 3.63) is 23.2 Å². The molecule has 1 heterocycles. The largest absolute Gasteiger partial charge is 0.479 e. The van der Waals surface area contributed by atoms with Gasteiger partial charge >= 0.3 is 0 Å². The minimum Gasteiger partial charge on any atom is -0.479 e. The molecule has 0 saturated carbocycles. The average molecular weight is 255 g/mol. The molecular formula is C12H15ClN2O2. The summed E-state index contributed by atoms with van der Waals surface area (Å²) in [6.45, 7) is 2.89. The normalized spacial score (nSPS) is 18.9. The van der Waals surface area contributed by atoms with Crippen LogP contribution in [0.15, 0.2) is 18.2 Å². The summed E-state index contributed by atoms with van der Waals surface area (Å²) in [6, 6.07) is 5.29. The lowest BCUT2D eigenvalue weighted by Crippen LogP contribution is -2.45. The van der Waals surface area contributed by atoms with Crippen molar-refractivity contribution in [2.75, 3.05) is 18.0 Å². The van der Waals surface area contributed by atoms with Gasteiger partial charge in [0, 0.05) is 11.6 Å². The zero-order valence-electron chi connectivity index (χ0n) is 9.65. The lowest BCUT2D eigenvalue weighted by molar-refractivity contribution is -0.125. The maximum Gasteiger partial charge on any atom is 0.267 e. The first-order chi connectivity index (χ1) is 8.13. The number of hydrogen-bond acceptors (Lipinski definition) is 3. The van der Waals surface area contributed by atoms with Crippen LogP contribution in [0.4, 0.5) is 5.69 Å². The molecule has 0 bridgehead atoms. The molecule has 1 atom stereocenters. The number of hydrogen-bond donors (Lipinski definition) is 1. The third-order valence-electron chi connectivity index (χ3n) is 2.72. The molecular weight excluding hydrogens is 240 g/mol. The first-order valence-electron chi connectivity index (χ1n) is 5.61. The van der Waals surface area contributed by atoms with Crippen LogP contribution in [0, 0.1) is 0 Å². The summed E-state index contributed by atoms with van der Waals surface area (Å²) in [6.07, 6.45) is 0.297. The number of nitrogens with zero attached hydrogens (tertiary/aromatic N) is 1. The number of benzene rings is 1. The van der Waals surface area contributed by atoms with Gasteiger partial charge in [-0.25, -0.2) is 0 Å². The Labute approximate surface area is 105 Å². The number of anilines is 1. The molecule has 92 valence electrons. The maximum atomic E-state index is 12.0. The van der Waals surface area contributed by atoms with Gasteiger partial charge in [0.25, 0.3) is 5.91 Å². The Morgan fingerprint density at radius 1 is 1.53 bits per heavy atom. The minimum atomic E-state index is -0.457. The molecule has 1 aliphatic heterocycles. The van der Waals surface area contributed by atoms with Crippen molar-refractivity contribution in [3.8, 4) is 5.75 Å². The lowest BCUT2D eigenvalue weighted by Gasteiger charge is -2.33. The van der Waals surface area contributed by atoms with Crippen LogP contribution >= 0.6 is 11.6 Å². The van der Waals surface area contributed by atoms with Gasteiger partial charge in [-0.2, -0.15) is 0 Å². The summed E-state index contributed by atoms with van der Waals surface area (Å²) in [4.78, 5) is 13.7. The number of carbonyl (C=O) groups excluding carboxylic acids is 1. The summed E-state index contributed by atoms with van der Waals surface area (Å²) in [7, 11) is 0. The van der Waals surface area contributed by atoms with E-state index in [0.717, 1.165) is 12.1 Å². The van der Waals surface area contributed by atoms with Gasteiger partial charge < -0.3 is 15.4 Å². The van der Waals surface area contributed by atoms with Crippen molar-refractivity contribution in [2.45, 2.75) is 19.4 Å². The second-order valence-electron chi connectivity index (χ2n) is 4.00. The fraction of sp³-hybridized carbons (Fsp3) is 0.417. The molecule has 1 amide bonds. The maximum absolute atomic E-state index is 12.0. The van der Waals surface area contributed by atoms with E-state index < -0.39 is 6.10 Å². The van der Waals surface area contributed by atoms with E-state index in [9.17, 15) is 4.79 Å². The molecule has 0 aromatic heterocycles. The van der Waals surface area contributed by atoms with E-state index in [1.54, 1.807) is 30.0 Å². The van der Waals surface area contributed by atoms with Crippen LogP contribution in [-0.4, -0.2) is 25.1 Å². The highest BCUT2D eigenvalue weighted by molar-refractivity contribution is 6.31. The predicted octanol–water partition coefficient (Wildman–Crippen LogP) is 1.80. The van der Waals surface area contributed by atoms with Crippen molar-refractivity contribution in [2.24, 2.45) is 5.73 Å². The highest BCUT2D eigenvalue weighted by Crippen LogP contribution is 2.36. The quantitative estimate of drug-likeness (QED) is 0.895. The third-order valence-corrected chi connectivity index (χ3v) is 2.95. The van der Waals surface area contributed by atoms with E-state index in [4.69, 9.17) is 22.1 Å². The van der Waals surface area contributed by atoms with Crippen LogP contribution in [0.3, 0.4) is 0 Å². The van der Waals surface area contributed by atoms with Crippen LogP contribution < -0.4 is 15.4 Å². The number of ether oxygens (including phenoxy) is 1. The van der Waals surface area contributed by atoms with Crippen molar-refractivity contribution in [3.63, 3.8) is 0 Å². The molecule has 1 aliphatic rings. The van der Waals surface area contributed by atoms with E-state index in [1.807, 2.05) is 0 Å². The minimum absolute atomic E-state index is 0.0479. The van der Waals surface area contributed by atoms with Gasteiger partial charge in [0.2, 0.25) is 0 Å². The standard InChI is InChI=1S/C12H15ClN2O2/c1-8-12(16)15(6-2-5-14)10-7-9(13)3-4-11(10)17-8/h3-4,7-8H,2,5-6,14H2,1H3. The first-order valence-corrected chi connectivity index (χ1v) is 5.99. The molecule has 0 fully saturated rings. The Kier molecular flexibility index (Phi) is 3.54. The molecule has 17 heavy (non-hydrogen) atoms. The second kappa shape index (κ2) is 4.94. The van der Waals surface area contributed by atoms with Gasteiger partial charge in [-0.15, -0.1) is 0 Å². The molecule has 1 aromatic carbocycles. The zero-order chi connectivity index (χ0) is 12.4. The molecule has 5 heteroatoms. The fourth-order valence-electron chi connectivity index (χ4n) is 1.86. The number of fused-ring (bicyclic) bond motifs is 1. The van der Waals surface area contributed by atoms with Crippen LogP contribution in [0.1, 0.15) is 13.3 Å². The molecule has 0 radical (unpaired) electrons. The summed E-state index contributed by atoms with van der Waals surface area (Å²) in [5, 5.41) is 0.590. The second-order valence-corrected chi connectivity index (χ2v) is 4.44. The summed E-state index contributed by atoms with van der Waals surface area (Å²) >= 11 is 5.94. The monoisotopic (exact) mass is 254 g/mol. The Morgan fingerprint density at radius 2 is 2.29 bits per heavy atom. The van der Waals surface area contributed by atoms with E-state index >= 15 is 0 Å². The Bertz CT molecular complexity index is 437. The van der Waals surface area contributed by atoms with Crippen molar-refractivity contribution < 1.29 is 9.53 Å².